The molecular formula is C19H20N4. The molecule has 3 N–H and O–H groups in total. The molecule has 2 aromatic carbocycles. The molecule has 23 heavy (non-hydrogen) atoms. The van der Waals surface area contributed by atoms with Gasteiger partial charge in [0.2, 0.25) is 5.95 Å². The van der Waals surface area contributed by atoms with Crippen LogP contribution in [0.5, 0.6) is 0 Å². The minimum Gasteiger partial charge on any atom is -0.368 e. The zero-order chi connectivity index (χ0) is 15.6. The fourth-order valence-electron chi connectivity index (χ4n) is 3.34. The molecule has 1 aromatic heterocycles. The molecule has 116 valence electrons. The highest BCUT2D eigenvalue weighted by Crippen LogP contribution is 2.32. The summed E-state index contributed by atoms with van der Waals surface area (Å²) in [6.07, 6.45) is 4.31. The van der Waals surface area contributed by atoms with E-state index < -0.39 is 0 Å². The van der Waals surface area contributed by atoms with Gasteiger partial charge in [-0.15, -0.1) is 0 Å². The van der Waals surface area contributed by atoms with Gasteiger partial charge < -0.3 is 11.2 Å². The summed E-state index contributed by atoms with van der Waals surface area (Å²) in [6, 6.07) is 18.8. The Bertz CT molecular complexity index is 807. The lowest BCUT2D eigenvalue weighted by Crippen LogP contribution is -2.21. The first-order valence-electron chi connectivity index (χ1n) is 8.03. The van der Waals surface area contributed by atoms with Crippen molar-refractivity contribution in [3.05, 3.63) is 71.9 Å². The lowest BCUT2D eigenvalue weighted by Gasteiger charge is -2.14. The zero-order valence-electron chi connectivity index (χ0n) is 12.9. The van der Waals surface area contributed by atoms with Gasteiger partial charge in [0, 0.05) is 18.0 Å². The SMILES string of the molecule is Nc1nc(-c2ccccc2)cn1NCC1CCc2ccccc21. The van der Waals surface area contributed by atoms with Crippen molar-refractivity contribution in [1.82, 2.24) is 9.66 Å². The average Bonchev–Trinajstić information content (AvgIpc) is 3.17. The Morgan fingerprint density at radius 2 is 1.87 bits per heavy atom. The third-order valence-corrected chi connectivity index (χ3v) is 4.57. The van der Waals surface area contributed by atoms with Crippen LogP contribution in [-0.2, 0) is 6.42 Å². The minimum atomic E-state index is 0.495. The maximum Gasteiger partial charge on any atom is 0.219 e. The molecule has 0 radical (unpaired) electrons. The van der Waals surface area contributed by atoms with Crippen molar-refractivity contribution in [3.8, 4) is 11.3 Å². The van der Waals surface area contributed by atoms with Crippen molar-refractivity contribution in [2.24, 2.45) is 0 Å². The first-order valence-corrected chi connectivity index (χ1v) is 8.03. The lowest BCUT2D eigenvalue weighted by molar-refractivity contribution is 0.667. The molecule has 3 aromatic rings. The van der Waals surface area contributed by atoms with Gasteiger partial charge in [-0.2, -0.15) is 0 Å². The predicted molar refractivity (Wildman–Crippen MR) is 93.8 cm³/mol. The van der Waals surface area contributed by atoms with Gasteiger partial charge in [0.25, 0.3) is 0 Å². The van der Waals surface area contributed by atoms with E-state index in [1.54, 1.807) is 0 Å². The number of fused-ring (bicyclic) bond motifs is 1. The quantitative estimate of drug-likeness (QED) is 0.776. The lowest BCUT2D eigenvalue weighted by atomic mass is 10.0. The summed E-state index contributed by atoms with van der Waals surface area (Å²) >= 11 is 0. The highest BCUT2D eigenvalue weighted by molar-refractivity contribution is 5.60. The first-order chi connectivity index (χ1) is 11.3. The molecule has 4 heteroatoms. The number of benzene rings is 2. The van der Waals surface area contributed by atoms with E-state index in [0.717, 1.165) is 24.2 Å². The van der Waals surface area contributed by atoms with Gasteiger partial charge in [-0.25, -0.2) is 9.66 Å². The normalized spacial score (nSPS) is 16.3. The van der Waals surface area contributed by atoms with Crippen LogP contribution in [0.25, 0.3) is 11.3 Å². The Morgan fingerprint density at radius 1 is 1.09 bits per heavy atom. The highest BCUT2D eigenvalue weighted by Gasteiger charge is 2.21. The van der Waals surface area contributed by atoms with E-state index in [1.807, 2.05) is 41.2 Å². The number of rotatable bonds is 4. The topological polar surface area (TPSA) is 55.9 Å². The van der Waals surface area contributed by atoms with Crippen LogP contribution in [0, 0.1) is 0 Å². The number of aromatic nitrogens is 2. The maximum atomic E-state index is 6.05. The molecule has 1 aliphatic carbocycles. The molecule has 0 bridgehead atoms. The van der Waals surface area contributed by atoms with Gasteiger partial charge in [0.05, 0.1) is 11.9 Å². The molecular weight excluding hydrogens is 284 g/mol. The number of imidazole rings is 1. The average molecular weight is 304 g/mol. The van der Waals surface area contributed by atoms with Crippen LogP contribution in [-0.4, -0.2) is 16.2 Å². The number of nitrogens with two attached hydrogens (primary N) is 1. The summed E-state index contributed by atoms with van der Waals surface area (Å²) in [7, 11) is 0. The first kappa shape index (κ1) is 13.9. The van der Waals surface area contributed by atoms with E-state index in [9.17, 15) is 0 Å². The molecule has 1 unspecified atom stereocenters. The van der Waals surface area contributed by atoms with Crippen molar-refractivity contribution in [2.75, 3.05) is 17.7 Å². The molecule has 0 spiro atoms. The number of nitrogens with zero attached hydrogens (tertiary/aromatic N) is 2. The third kappa shape index (κ3) is 2.68. The van der Waals surface area contributed by atoms with Crippen LogP contribution in [0.2, 0.25) is 0 Å². The van der Waals surface area contributed by atoms with Crippen molar-refractivity contribution in [2.45, 2.75) is 18.8 Å². The smallest absolute Gasteiger partial charge is 0.219 e. The Morgan fingerprint density at radius 3 is 2.74 bits per heavy atom. The predicted octanol–water partition coefficient (Wildman–Crippen LogP) is 3.41. The highest BCUT2D eigenvalue weighted by atomic mass is 15.5. The second-order valence-corrected chi connectivity index (χ2v) is 6.02. The van der Waals surface area contributed by atoms with Crippen LogP contribution >= 0.6 is 0 Å². The summed E-state index contributed by atoms with van der Waals surface area (Å²) in [6.45, 7) is 0.867. The van der Waals surface area contributed by atoms with E-state index in [-0.39, 0.29) is 0 Å². The van der Waals surface area contributed by atoms with Gasteiger partial charge in [-0.3, -0.25) is 0 Å². The number of hydrogen-bond donors (Lipinski definition) is 2. The molecule has 1 atom stereocenters. The second kappa shape index (κ2) is 5.80. The summed E-state index contributed by atoms with van der Waals surface area (Å²) in [4.78, 5) is 4.45. The monoisotopic (exact) mass is 304 g/mol. The second-order valence-electron chi connectivity index (χ2n) is 6.02. The molecule has 4 rings (SSSR count). The van der Waals surface area contributed by atoms with Crippen molar-refractivity contribution < 1.29 is 0 Å². The van der Waals surface area contributed by atoms with Crippen molar-refractivity contribution in [1.29, 1.82) is 0 Å². The summed E-state index contributed by atoms with van der Waals surface area (Å²) in [5, 5.41) is 0. The number of nitrogen functional groups attached to an aromatic ring is 1. The van der Waals surface area contributed by atoms with Crippen molar-refractivity contribution >= 4 is 5.95 Å². The van der Waals surface area contributed by atoms with Gasteiger partial charge in [-0.05, 0) is 24.0 Å². The summed E-state index contributed by atoms with van der Waals surface area (Å²) in [5.74, 6) is 1.03. The largest absolute Gasteiger partial charge is 0.368 e. The van der Waals surface area contributed by atoms with E-state index >= 15 is 0 Å². The standard InChI is InChI=1S/C19H20N4/c20-19-22-18(15-7-2-1-3-8-15)13-23(19)21-12-16-11-10-14-6-4-5-9-17(14)16/h1-9,13,16,21H,10-12H2,(H2,20,22). The van der Waals surface area contributed by atoms with Crippen LogP contribution in [0.15, 0.2) is 60.8 Å². The molecule has 1 heterocycles. The third-order valence-electron chi connectivity index (χ3n) is 4.57. The molecule has 0 fully saturated rings. The zero-order valence-corrected chi connectivity index (χ0v) is 12.9. The number of anilines is 1. The van der Waals surface area contributed by atoms with Gasteiger partial charge >= 0.3 is 0 Å². The fourth-order valence-corrected chi connectivity index (χ4v) is 3.34. The van der Waals surface area contributed by atoms with Crippen LogP contribution in [0.3, 0.4) is 0 Å². The van der Waals surface area contributed by atoms with E-state index in [2.05, 4.69) is 34.7 Å². The van der Waals surface area contributed by atoms with Crippen molar-refractivity contribution in [3.63, 3.8) is 0 Å². The Hall–Kier alpha value is -2.75. The molecule has 0 aliphatic heterocycles. The van der Waals surface area contributed by atoms with Gasteiger partial charge in [-0.1, -0.05) is 54.6 Å². The Kier molecular flexibility index (Phi) is 3.50. The number of nitrogens with one attached hydrogen (secondary N) is 1. The summed E-state index contributed by atoms with van der Waals surface area (Å²) < 4.78 is 1.84. The Labute approximate surface area is 135 Å². The molecule has 0 amide bonds. The van der Waals surface area contributed by atoms with Crippen LogP contribution < -0.4 is 11.2 Å². The fraction of sp³-hybridized carbons (Fsp3) is 0.211. The minimum absolute atomic E-state index is 0.495. The Balaban J connectivity index is 1.49. The van der Waals surface area contributed by atoms with Gasteiger partial charge in [0.1, 0.15) is 0 Å². The summed E-state index contributed by atoms with van der Waals surface area (Å²) in [5.41, 5.74) is 14.4. The maximum absolute atomic E-state index is 6.05. The molecule has 4 nitrogen and oxygen atoms in total. The van der Waals surface area contributed by atoms with Crippen LogP contribution in [0.4, 0.5) is 5.95 Å². The van der Waals surface area contributed by atoms with Crippen LogP contribution in [0.1, 0.15) is 23.5 Å². The van der Waals surface area contributed by atoms with E-state index in [4.69, 9.17) is 5.73 Å². The van der Waals surface area contributed by atoms with Gasteiger partial charge in [0.15, 0.2) is 0 Å². The van der Waals surface area contributed by atoms with E-state index in [0.29, 0.717) is 11.9 Å². The number of hydrogen-bond acceptors (Lipinski definition) is 3. The van der Waals surface area contributed by atoms with E-state index in [1.165, 1.54) is 17.5 Å². The molecule has 0 saturated heterocycles. The molecule has 1 aliphatic rings. The molecule has 0 saturated carbocycles. The number of aryl methyl sites for hydroxylation is 1.